The number of hydrogen-bond acceptors (Lipinski definition) is 3. The summed E-state index contributed by atoms with van der Waals surface area (Å²) in [6.07, 6.45) is 0. The molecule has 0 aliphatic heterocycles. The lowest BCUT2D eigenvalue weighted by Gasteiger charge is -2.13. The van der Waals surface area contributed by atoms with Crippen LogP contribution < -0.4 is 5.73 Å². The maximum absolute atomic E-state index is 5.52. The first-order chi connectivity index (χ1) is 7.29. The Hall–Kier alpha value is -0.900. The summed E-state index contributed by atoms with van der Waals surface area (Å²) in [5, 5.41) is 1.35. The van der Waals surface area contributed by atoms with Crippen LogP contribution in [0.1, 0.15) is 4.88 Å². The molecule has 0 fully saturated rings. The number of benzene rings is 1. The Balaban J connectivity index is 2.15. The molecule has 0 bridgehead atoms. The van der Waals surface area contributed by atoms with Crippen LogP contribution in [0.15, 0.2) is 30.3 Å². The fourth-order valence-electron chi connectivity index (χ4n) is 1.68. The van der Waals surface area contributed by atoms with E-state index < -0.39 is 0 Å². The highest BCUT2D eigenvalue weighted by Gasteiger charge is 2.03. The minimum atomic E-state index is 0.724. The average molecular weight is 220 g/mol. The number of nitrogens with zero attached hydrogens (tertiary/aromatic N) is 1. The van der Waals surface area contributed by atoms with Crippen molar-refractivity contribution in [1.29, 1.82) is 0 Å². The van der Waals surface area contributed by atoms with E-state index >= 15 is 0 Å². The highest BCUT2D eigenvalue weighted by atomic mass is 32.1. The molecule has 0 aliphatic rings. The first kappa shape index (κ1) is 10.6. The second-order valence-corrected chi connectivity index (χ2v) is 4.95. The number of likely N-dealkylation sites (N-methyl/N-ethyl adjacent to an activating group) is 1. The quantitative estimate of drug-likeness (QED) is 0.856. The zero-order valence-electron chi connectivity index (χ0n) is 8.94. The van der Waals surface area contributed by atoms with Crippen molar-refractivity contribution in [2.45, 2.75) is 6.54 Å². The summed E-state index contributed by atoms with van der Waals surface area (Å²) < 4.78 is 1.37. The molecular weight excluding hydrogens is 204 g/mol. The van der Waals surface area contributed by atoms with Gasteiger partial charge in [0.2, 0.25) is 0 Å². The number of hydrogen-bond donors (Lipinski definition) is 1. The van der Waals surface area contributed by atoms with Crippen LogP contribution in [-0.2, 0) is 6.54 Å². The zero-order chi connectivity index (χ0) is 10.7. The van der Waals surface area contributed by atoms with E-state index in [4.69, 9.17) is 5.73 Å². The lowest BCUT2D eigenvalue weighted by molar-refractivity contribution is 0.339. The van der Waals surface area contributed by atoms with Gasteiger partial charge < -0.3 is 10.6 Å². The van der Waals surface area contributed by atoms with Crippen LogP contribution in [0, 0.1) is 0 Å². The molecule has 2 N–H and O–H groups in total. The molecule has 0 saturated carbocycles. The second-order valence-electron chi connectivity index (χ2n) is 3.78. The van der Waals surface area contributed by atoms with Crippen molar-refractivity contribution in [3.05, 3.63) is 35.2 Å². The van der Waals surface area contributed by atoms with E-state index in [2.05, 4.69) is 42.3 Å². The van der Waals surface area contributed by atoms with Gasteiger partial charge in [-0.15, -0.1) is 11.3 Å². The molecule has 80 valence electrons. The van der Waals surface area contributed by atoms with Gasteiger partial charge in [0.05, 0.1) is 0 Å². The van der Waals surface area contributed by atoms with E-state index in [-0.39, 0.29) is 0 Å². The third-order valence-corrected chi connectivity index (χ3v) is 3.51. The summed E-state index contributed by atoms with van der Waals surface area (Å²) >= 11 is 1.87. The molecule has 2 aromatic rings. The normalized spacial score (nSPS) is 11.4. The van der Waals surface area contributed by atoms with Crippen LogP contribution in [0.4, 0.5) is 0 Å². The summed E-state index contributed by atoms with van der Waals surface area (Å²) in [7, 11) is 2.11. The van der Waals surface area contributed by atoms with Gasteiger partial charge in [-0.25, -0.2) is 0 Å². The standard InChI is InChI=1S/C12H16N2S/c1-14(7-6-13)9-11-8-10-4-2-3-5-12(10)15-11/h2-5,8H,6-7,9,13H2,1H3. The zero-order valence-corrected chi connectivity index (χ0v) is 9.76. The monoisotopic (exact) mass is 220 g/mol. The van der Waals surface area contributed by atoms with Gasteiger partial charge in [-0.2, -0.15) is 0 Å². The third-order valence-electron chi connectivity index (χ3n) is 2.41. The molecule has 0 amide bonds. The smallest absolute Gasteiger partial charge is 0.0346 e. The minimum Gasteiger partial charge on any atom is -0.329 e. The molecule has 15 heavy (non-hydrogen) atoms. The maximum atomic E-state index is 5.52. The number of nitrogens with two attached hydrogens (primary N) is 1. The van der Waals surface area contributed by atoms with E-state index in [1.807, 2.05) is 11.3 Å². The van der Waals surface area contributed by atoms with Gasteiger partial charge >= 0.3 is 0 Å². The number of fused-ring (bicyclic) bond motifs is 1. The summed E-state index contributed by atoms with van der Waals surface area (Å²) in [5.74, 6) is 0. The van der Waals surface area contributed by atoms with Crippen molar-refractivity contribution in [3.63, 3.8) is 0 Å². The van der Waals surface area contributed by atoms with Crippen LogP contribution in [0.25, 0.3) is 10.1 Å². The van der Waals surface area contributed by atoms with E-state index in [1.165, 1.54) is 15.0 Å². The van der Waals surface area contributed by atoms with Crippen molar-refractivity contribution in [1.82, 2.24) is 4.90 Å². The molecule has 0 radical (unpaired) electrons. The molecule has 1 aromatic heterocycles. The van der Waals surface area contributed by atoms with E-state index in [9.17, 15) is 0 Å². The molecule has 0 atom stereocenters. The number of thiophene rings is 1. The molecule has 0 spiro atoms. The Morgan fingerprint density at radius 1 is 1.33 bits per heavy atom. The summed E-state index contributed by atoms with van der Waals surface area (Å²) in [4.78, 5) is 3.66. The van der Waals surface area contributed by atoms with Crippen LogP contribution in [-0.4, -0.2) is 25.0 Å². The maximum Gasteiger partial charge on any atom is 0.0346 e. The van der Waals surface area contributed by atoms with Gasteiger partial charge in [-0.1, -0.05) is 18.2 Å². The predicted octanol–water partition coefficient (Wildman–Crippen LogP) is 2.29. The first-order valence-electron chi connectivity index (χ1n) is 5.15. The van der Waals surface area contributed by atoms with Crippen molar-refractivity contribution in [3.8, 4) is 0 Å². The number of rotatable bonds is 4. The van der Waals surface area contributed by atoms with Crippen molar-refractivity contribution in [2.75, 3.05) is 20.1 Å². The van der Waals surface area contributed by atoms with Crippen LogP contribution >= 0.6 is 11.3 Å². The molecule has 0 aliphatic carbocycles. The van der Waals surface area contributed by atoms with Gasteiger partial charge in [-0.05, 0) is 24.6 Å². The molecule has 0 saturated heterocycles. The van der Waals surface area contributed by atoms with Crippen molar-refractivity contribution in [2.24, 2.45) is 5.73 Å². The average Bonchev–Trinajstić information content (AvgIpc) is 2.59. The SMILES string of the molecule is CN(CCN)Cc1cc2ccccc2s1. The first-order valence-corrected chi connectivity index (χ1v) is 5.97. The highest BCUT2D eigenvalue weighted by Crippen LogP contribution is 2.25. The van der Waals surface area contributed by atoms with Crippen LogP contribution in [0.2, 0.25) is 0 Å². The largest absolute Gasteiger partial charge is 0.329 e. The third kappa shape index (κ3) is 2.56. The van der Waals surface area contributed by atoms with E-state index in [1.54, 1.807) is 0 Å². The lowest BCUT2D eigenvalue weighted by Crippen LogP contribution is -2.24. The summed E-state index contributed by atoms with van der Waals surface area (Å²) in [5.41, 5.74) is 5.52. The summed E-state index contributed by atoms with van der Waals surface area (Å²) in [6, 6.07) is 10.8. The van der Waals surface area contributed by atoms with Gasteiger partial charge in [0.15, 0.2) is 0 Å². The Bertz CT molecular complexity index is 403. The Morgan fingerprint density at radius 3 is 2.87 bits per heavy atom. The van der Waals surface area contributed by atoms with Crippen LogP contribution in [0.3, 0.4) is 0 Å². The Kier molecular flexibility index (Phi) is 3.36. The lowest BCUT2D eigenvalue weighted by atomic mass is 10.2. The van der Waals surface area contributed by atoms with Crippen molar-refractivity contribution >= 4 is 21.4 Å². The second kappa shape index (κ2) is 4.75. The van der Waals surface area contributed by atoms with E-state index in [0.29, 0.717) is 0 Å². The molecular formula is C12H16N2S. The van der Waals surface area contributed by atoms with Gasteiger partial charge in [-0.3, -0.25) is 0 Å². The minimum absolute atomic E-state index is 0.724. The fraction of sp³-hybridized carbons (Fsp3) is 0.333. The Labute approximate surface area is 94.3 Å². The Morgan fingerprint density at radius 2 is 2.13 bits per heavy atom. The van der Waals surface area contributed by atoms with Crippen LogP contribution in [0.5, 0.6) is 0 Å². The molecule has 2 rings (SSSR count). The van der Waals surface area contributed by atoms with Gasteiger partial charge in [0.1, 0.15) is 0 Å². The molecule has 1 aromatic carbocycles. The summed E-state index contributed by atoms with van der Waals surface area (Å²) in [6.45, 7) is 2.67. The molecule has 2 nitrogen and oxygen atoms in total. The highest BCUT2D eigenvalue weighted by molar-refractivity contribution is 7.19. The van der Waals surface area contributed by atoms with E-state index in [0.717, 1.165) is 19.6 Å². The fourth-order valence-corrected chi connectivity index (χ4v) is 2.82. The van der Waals surface area contributed by atoms with Gasteiger partial charge in [0, 0.05) is 29.2 Å². The molecule has 0 unspecified atom stereocenters. The predicted molar refractivity (Wildman–Crippen MR) is 67.2 cm³/mol. The molecule has 3 heteroatoms. The molecule has 1 heterocycles. The van der Waals surface area contributed by atoms with Crippen molar-refractivity contribution < 1.29 is 0 Å². The van der Waals surface area contributed by atoms with Gasteiger partial charge in [0.25, 0.3) is 0 Å². The topological polar surface area (TPSA) is 29.3 Å².